The number of anilines is 1. The number of carbonyl (C=O) groups excluding carboxylic acids is 2. The molecule has 0 aliphatic carbocycles. The third kappa shape index (κ3) is 4.40. The van der Waals surface area contributed by atoms with Gasteiger partial charge in [0.15, 0.2) is 5.54 Å². The van der Waals surface area contributed by atoms with E-state index in [2.05, 4.69) is 6.92 Å². The van der Waals surface area contributed by atoms with Gasteiger partial charge in [0, 0.05) is 39.8 Å². The number of likely N-dealkylation sites (N-methyl/N-ethyl adjacent to an activating group) is 1. The lowest BCUT2D eigenvalue weighted by Crippen LogP contribution is -2.50. The summed E-state index contributed by atoms with van der Waals surface area (Å²) in [7, 11) is 3.76. The predicted octanol–water partition coefficient (Wildman–Crippen LogP) is 6.22. The maximum Gasteiger partial charge on any atom is 0.257 e. The van der Waals surface area contributed by atoms with Crippen molar-refractivity contribution in [3.05, 3.63) is 99.0 Å². The van der Waals surface area contributed by atoms with Gasteiger partial charge >= 0.3 is 0 Å². The van der Waals surface area contributed by atoms with E-state index in [1.807, 2.05) is 85.4 Å². The van der Waals surface area contributed by atoms with E-state index in [1.54, 1.807) is 17.0 Å². The second kappa shape index (κ2) is 10.6. The molecule has 0 saturated heterocycles. The fraction of sp³-hybridized carbons (Fsp3) is 0.310. The average molecular weight is 524 g/mol. The van der Waals surface area contributed by atoms with Gasteiger partial charge in [0.05, 0.1) is 12.2 Å². The van der Waals surface area contributed by atoms with Crippen LogP contribution in [0.5, 0.6) is 0 Å². The van der Waals surface area contributed by atoms with Gasteiger partial charge in [0.2, 0.25) is 0 Å². The lowest BCUT2D eigenvalue weighted by molar-refractivity contribution is -0.126. The van der Waals surface area contributed by atoms with Gasteiger partial charge in [-0.05, 0) is 69.4 Å². The van der Waals surface area contributed by atoms with Crippen molar-refractivity contribution in [3.8, 4) is 0 Å². The number of fused-ring (bicyclic) bond motifs is 1. The SMILES string of the molecule is CCCN(CC)C(=O)c1ccc(CN2C(=O)C(c3ccccc3Cl)(N(C)C)c3cc(Cl)ccc32)cc1. The van der Waals surface area contributed by atoms with Crippen LogP contribution in [0.1, 0.15) is 47.3 Å². The van der Waals surface area contributed by atoms with E-state index in [-0.39, 0.29) is 11.8 Å². The first-order valence-electron chi connectivity index (χ1n) is 12.2. The van der Waals surface area contributed by atoms with Gasteiger partial charge in [-0.3, -0.25) is 14.5 Å². The van der Waals surface area contributed by atoms with Crippen LogP contribution in [0.2, 0.25) is 10.0 Å². The molecule has 0 bridgehead atoms. The normalized spacial score (nSPS) is 17.0. The largest absolute Gasteiger partial charge is 0.339 e. The number of carbonyl (C=O) groups is 2. The molecule has 0 radical (unpaired) electrons. The fourth-order valence-corrected chi connectivity index (χ4v) is 5.53. The van der Waals surface area contributed by atoms with Crippen LogP contribution in [0, 0.1) is 0 Å². The number of hydrogen-bond acceptors (Lipinski definition) is 3. The molecule has 0 fully saturated rings. The van der Waals surface area contributed by atoms with E-state index in [1.165, 1.54) is 0 Å². The maximum atomic E-state index is 14.3. The van der Waals surface area contributed by atoms with Crippen LogP contribution < -0.4 is 4.90 Å². The van der Waals surface area contributed by atoms with Gasteiger partial charge < -0.3 is 9.80 Å². The van der Waals surface area contributed by atoms with Crippen molar-refractivity contribution in [2.24, 2.45) is 0 Å². The number of hydrogen-bond donors (Lipinski definition) is 0. The summed E-state index contributed by atoms with van der Waals surface area (Å²) in [5.41, 5.74) is 2.75. The van der Waals surface area contributed by atoms with Gasteiger partial charge in [0.25, 0.3) is 11.8 Å². The Labute approximate surface area is 223 Å². The van der Waals surface area contributed by atoms with Crippen LogP contribution in [0.3, 0.4) is 0 Å². The van der Waals surface area contributed by atoms with Crippen molar-refractivity contribution in [2.45, 2.75) is 32.4 Å². The van der Waals surface area contributed by atoms with Gasteiger partial charge in [-0.15, -0.1) is 0 Å². The Bertz CT molecular complexity index is 1280. The predicted molar refractivity (Wildman–Crippen MR) is 147 cm³/mol. The molecule has 0 N–H and O–H groups in total. The summed E-state index contributed by atoms with van der Waals surface area (Å²) in [6.45, 7) is 5.81. The Kier molecular flexibility index (Phi) is 7.74. The highest BCUT2D eigenvalue weighted by Crippen LogP contribution is 2.50. The molecular weight excluding hydrogens is 493 g/mol. The molecule has 1 atom stereocenters. The van der Waals surface area contributed by atoms with E-state index in [0.717, 1.165) is 29.8 Å². The summed E-state index contributed by atoms with van der Waals surface area (Å²) in [5, 5.41) is 1.07. The van der Waals surface area contributed by atoms with Crippen molar-refractivity contribution < 1.29 is 9.59 Å². The number of rotatable bonds is 8. The second-order valence-corrected chi connectivity index (χ2v) is 10.1. The molecule has 0 spiro atoms. The summed E-state index contributed by atoms with van der Waals surface area (Å²) < 4.78 is 0. The third-order valence-corrected chi connectivity index (χ3v) is 7.40. The summed E-state index contributed by atoms with van der Waals surface area (Å²) in [5.74, 6) is -0.0772. The first-order chi connectivity index (χ1) is 17.2. The van der Waals surface area contributed by atoms with Crippen molar-refractivity contribution >= 4 is 40.7 Å². The van der Waals surface area contributed by atoms with E-state index >= 15 is 0 Å². The lowest BCUT2D eigenvalue weighted by Gasteiger charge is -2.36. The lowest BCUT2D eigenvalue weighted by atomic mass is 9.82. The van der Waals surface area contributed by atoms with E-state index in [0.29, 0.717) is 34.3 Å². The summed E-state index contributed by atoms with van der Waals surface area (Å²) in [4.78, 5) is 32.7. The molecule has 1 aliphatic rings. The molecule has 5 nitrogen and oxygen atoms in total. The highest BCUT2D eigenvalue weighted by atomic mass is 35.5. The highest BCUT2D eigenvalue weighted by Gasteiger charge is 2.54. The molecule has 4 rings (SSSR count). The minimum Gasteiger partial charge on any atom is -0.339 e. The van der Waals surface area contributed by atoms with Crippen LogP contribution in [-0.2, 0) is 16.9 Å². The Morgan fingerprint density at radius 1 is 0.944 bits per heavy atom. The Hall–Kier alpha value is -2.86. The zero-order valence-corrected chi connectivity index (χ0v) is 22.6. The first kappa shape index (κ1) is 26.2. The zero-order valence-electron chi connectivity index (χ0n) is 21.1. The van der Waals surface area contributed by atoms with E-state index in [4.69, 9.17) is 23.2 Å². The average Bonchev–Trinajstić information content (AvgIpc) is 3.10. The van der Waals surface area contributed by atoms with Crippen molar-refractivity contribution in [1.29, 1.82) is 0 Å². The Balaban J connectivity index is 1.73. The van der Waals surface area contributed by atoms with Gasteiger partial charge in [0.1, 0.15) is 0 Å². The molecule has 1 heterocycles. The quantitative estimate of drug-likeness (QED) is 0.352. The molecule has 0 aromatic heterocycles. The van der Waals surface area contributed by atoms with E-state index < -0.39 is 5.54 Å². The van der Waals surface area contributed by atoms with Crippen molar-refractivity contribution in [2.75, 3.05) is 32.1 Å². The molecule has 7 heteroatoms. The van der Waals surface area contributed by atoms with Gasteiger partial charge in [-0.25, -0.2) is 0 Å². The Morgan fingerprint density at radius 2 is 1.64 bits per heavy atom. The molecule has 0 saturated carbocycles. The summed E-state index contributed by atoms with van der Waals surface area (Å²) in [6.07, 6.45) is 0.914. The molecule has 3 aromatic carbocycles. The molecule has 1 aliphatic heterocycles. The summed E-state index contributed by atoms with van der Waals surface area (Å²) >= 11 is 13.1. The van der Waals surface area contributed by atoms with Gasteiger partial charge in [-0.1, -0.05) is 60.5 Å². The third-order valence-electron chi connectivity index (χ3n) is 6.83. The molecule has 36 heavy (non-hydrogen) atoms. The molecule has 188 valence electrons. The van der Waals surface area contributed by atoms with Crippen LogP contribution in [-0.4, -0.2) is 48.8 Å². The Morgan fingerprint density at radius 3 is 2.25 bits per heavy atom. The smallest absolute Gasteiger partial charge is 0.257 e. The second-order valence-electron chi connectivity index (χ2n) is 9.22. The standard InChI is InChI=1S/C29H31Cl2N3O2/c1-5-17-33(6-2)27(35)21-13-11-20(12-14-21)19-34-26-16-15-22(30)18-24(26)29(28(34)36,32(3)4)23-9-7-8-10-25(23)31/h7-16,18H,5-6,17,19H2,1-4H3. The number of halogens is 2. The summed E-state index contributed by atoms with van der Waals surface area (Å²) in [6, 6.07) is 20.5. The highest BCUT2D eigenvalue weighted by molar-refractivity contribution is 6.32. The van der Waals surface area contributed by atoms with Crippen LogP contribution in [0.4, 0.5) is 5.69 Å². The minimum atomic E-state index is -1.11. The number of amides is 2. The van der Waals surface area contributed by atoms with E-state index in [9.17, 15) is 9.59 Å². The topological polar surface area (TPSA) is 43.9 Å². The number of benzene rings is 3. The molecule has 3 aromatic rings. The minimum absolute atomic E-state index is 0.0217. The van der Waals surface area contributed by atoms with Crippen LogP contribution >= 0.6 is 23.2 Å². The van der Waals surface area contributed by atoms with Crippen molar-refractivity contribution in [3.63, 3.8) is 0 Å². The fourth-order valence-electron chi connectivity index (χ4n) is 5.09. The van der Waals surface area contributed by atoms with Crippen LogP contribution in [0.25, 0.3) is 0 Å². The van der Waals surface area contributed by atoms with Crippen molar-refractivity contribution in [1.82, 2.24) is 9.80 Å². The van der Waals surface area contributed by atoms with Crippen LogP contribution in [0.15, 0.2) is 66.7 Å². The number of nitrogens with zero attached hydrogens (tertiary/aromatic N) is 3. The first-order valence-corrected chi connectivity index (χ1v) is 12.9. The molecular formula is C29H31Cl2N3O2. The maximum absolute atomic E-state index is 14.3. The van der Waals surface area contributed by atoms with Gasteiger partial charge in [-0.2, -0.15) is 0 Å². The monoisotopic (exact) mass is 523 g/mol. The molecule has 2 amide bonds. The zero-order chi connectivity index (χ0) is 26.0. The molecule has 1 unspecified atom stereocenters.